The number of hydrogen-bond acceptors (Lipinski definition) is 3. The maximum absolute atomic E-state index is 5.71. The molecular formula is C15H22N4. The van der Waals surface area contributed by atoms with Crippen molar-refractivity contribution < 1.29 is 0 Å². The van der Waals surface area contributed by atoms with Crippen molar-refractivity contribution in [1.29, 1.82) is 0 Å². The highest BCUT2D eigenvalue weighted by molar-refractivity contribution is 5.30. The minimum atomic E-state index is -0.0767. The van der Waals surface area contributed by atoms with E-state index in [1.807, 2.05) is 17.8 Å². The number of aromatic nitrogens is 2. The van der Waals surface area contributed by atoms with Gasteiger partial charge in [0.15, 0.2) is 0 Å². The van der Waals surface area contributed by atoms with Crippen molar-refractivity contribution in [3.05, 3.63) is 53.6 Å². The van der Waals surface area contributed by atoms with Crippen molar-refractivity contribution >= 4 is 0 Å². The van der Waals surface area contributed by atoms with Crippen LogP contribution in [-0.4, -0.2) is 9.55 Å². The molecule has 4 heteroatoms. The molecule has 1 aromatic carbocycles. The van der Waals surface area contributed by atoms with Crippen LogP contribution in [0.1, 0.15) is 36.8 Å². The summed E-state index contributed by atoms with van der Waals surface area (Å²) in [5.74, 6) is 7.28. The summed E-state index contributed by atoms with van der Waals surface area (Å²) >= 11 is 0. The van der Waals surface area contributed by atoms with Gasteiger partial charge in [0.2, 0.25) is 0 Å². The van der Waals surface area contributed by atoms with Crippen LogP contribution in [0.2, 0.25) is 0 Å². The maximum atomic E-state index is 5.71. The zero-order valence-electron chi connectivity index (χ0n) is 11.8. The van der Waals surface area contributed by atoms with Crippen molar-refractivity contribution in [1.82, 2.24) is 15.0 Å². The third-order valence-corrected chi connectivity index (χ3v) is 3.21. The average Bonchev–Trinajstić information content (AvgIpc) is 2.77. The summed E-state index contributed by atoms with van der Waals surface area (Å²) in [7, 11) is 1.98. The predicted molar refractivity (Wildman–Crippen MR) is 77.4 cm³/mol. The molecule has 0 fully saturated rings. The number of rotatable bonds is 5. The van der Waals surface area contributed by atoms with Gasteiger partial charge in [-0.05, 0) is 23.5 Å². The molecule has 0 saturated heterocycles. The van der Waals surface area contributed by atoms with Gasteiger partial charge in [-0.2, -0.15) is 0 Å². The fraction of sp³-hybridized carbons (Fsp3) is 0.400. The van der Waals surface area contributed by atoms with Gasteiger partial charge >= 0.3 is 0 Å². The summed E-state index contributed by atoms with van der Waals surface area (Å²) < 4.78 is 1.99. The van der Waals surface area contributed by atoms with Gasteiger partial charge < -0.3 is 4.57 Å². The molecule has 0 saturated carbocycles. The molecule has 0 aliphatic rings. The van der Waals surface area contributed by atoms with Gasteiger partial charge in [0.1, 0.15) is 11.9 Å². The normalized spacial score (nSPS) is 12.9. The Morgan fingerprint density at radius 2 is 2.16 bits per heavy atom. The topological polar surface area (TPSA) is 55.9 Å². The number of hydrazine groups is 1. The summed E-state index contributed by atoms with van der Waals surface area (Å²) in [5, 5.41) is 0. The van der Waals surface area contributed by atoms with Crippen molar-refractivity contribution in [3.63, 3.8) is 0 Å². The first-order valence-electron chi connectivity index (χ1n) is 6.64. The van der Waals surface area contributed by atoms with Crippen molar-refractivity contribution in [2.24, 2.45) is 18.8 Å². The lowest BCUT2D eigenvalue weighted by atomic mass is 9.98. The van der Waals surface area contributed by atoms with Gasteiger partial charge in [0.25, 0.3) is 0 Å². The largest absolute Gasteiger partial charge is 0.336 e. The molecule has 102 valence electrons. The van der Waals surface area contributed by atoms with Crippen LogP contribution >= 0.6 is 0 Å². The Bertz CT molecular complexity index is 530. The number of hydrogen-bond donors (Lipinski definition) is 2. The van der Waals surface area contributed by atoms with E-state index in [0.29, 0.717) is 5.92 Å². The van der Waals surface area contributed by atoms with Crippen LogP contribution in [0.4, 0.5) is 0 Å². The van der Waals surface area contributed by atoms with E-state index in [1.54, 1.807) is 6.20 Å². The molecule has 2 rings (SSSR count). The van der Waals surface area contributed by atoms with Gasteiger partial charge in [-0.25, -0.2) is 10.4 Å². The molecule has 0 amide bonds. The van der Waals surface area contributed by atoms with E-state index in [0.717, 1.165) is 17.8 Å². The fourth-order valence-corrected chi connectivity index (χ4v) is 2.35. The Labute approximate surface area is 114 Å². The van der Waals surface area contributed by atoms with Crippen LogP contribution in [-0.2, 0) is 13.5 Å². The molecule has 0 aliphatic heterocycles. The van der Waals surface area contributed by atoms with Crippen LogP contribution in [0.25, 0.3) is 0 Å². The lowest BCUT2D eigenvalue weighted by Gasteiger charge is -2.17. The smallest absolute Gasteiger partial charge is 0.131 e. The second kappa shape index (κ2) is 5.99. The summed E-state index contributed by atoms with van der Waals surface area (Å²) in [6.07, 6.45) is 4.79. The number of imidazole rings is 1. The third kappa shape index (κ3) is 3.22. The molecule has 4 nitrogen and oxygen atoms in total. The minimum absolute atomic E-state index is 0.0767. The summed E-state index contributed by atoms with van der Waals surface area (Å²) in [5.41, 5.74) is 5.34. The molecule has 1 aromatic heterocycles. The first-order chi connectivity index (χ1) is 9.11. The van der Waals surface area contributed by atoms with Gasteiger partial charge in [-0.1, -0.05) is 38.1 Å². The second-order valence-corrected chi connectivity index (χ2v) is 5.34. The van der Waals surface area contributed by atoms with E-state index in [-0.39, 0.29) is 6.04 Å². The SMILES string of the molecule is CC(C)Cc1cccc(C(NN)c2nccn2C)c1. The van der Waals surface area contributed by atoms with Crippen molar-refractivity contribution in [3.8, 4) is 0 Å². The van der Waals surface area contributed by atoms with Crippen LogP contribution in [0.5, 0.6) is 0 Å². The molecule has 1 heterocycles. The van der Waals surface area contributed by atoms with Crippen LogP contribution in [0.15, 0.2) is 36.7 Å². The number of aryl methyl sites for hydroxylation is 1. The van der Waals surface area contributed by atoms with E-state index in [4.69, 9.17) is 5.84 Å². The molecule has 0 spiro atoms. The molecule has 1 atom stereocenters. The van der Waals surface area contributed by atoms with Crippen LogP contribution < -0.4 is 11.3 Å². The summed E-state index contributed by atoms with van der Waals surface area (Å²) in [6.45, 7) is 4.45. The fourth-order valence-electron chi connectivity index (χ4n) is 2.35. The van der Waals surface area contributed by atoms with Gasteiger partial charge in [-0.3, -0.25) is 5.84 Å². The highest BCUT2D eigenvalue weighted by Gasteiger charge is 2.16. The molecular weight excluding hydrogens is 236 g/mol. The average molecular weight is 258 g/mol. The highest BCUT2D eigenvalue weighted by atomic mass is 15.3. The van der Waals surface area contributed by atoms with Gasteiger partial charge in [0, 0.05) is 19.4 Å². The Morgan fingerprint density at radius 3 is 2.74 bits per heavy atom. The first-order valence-corrected chi connectivity index (χ1v) is 6.64. The Balaban J connectivity index is 2.31. The third-order valence-electron chi connectivity index (χ3n) is 3.21. The molecule has 0 aliphatic carbocycles. The molecule has 0 radical (unpaired) electrons. The second-order valence-electron chi connectivity index (χ2n) is 5.34. The number of nitrogens with one attached hydrogen (secondary N) is 1. The summed E-state index contributed by atoms with van der Waals surface area (Å²) in [6, 6.07) is 8.46. The minimum Gasteiger partial charge on any atom is -0.336 e. The lowest BCUT2D eigenvalue weighted by Crippen LogP contribution is -2.30. The molecule has 3 N–H and O–H groups in total. The van der Waals surface area contributed by atoms with Crippen LogP contribution in [0.3, 0.4) is 0 Å². The predicted octanol–water partition coefficient (Wildman–Crippen LogP) is 2.17. The van der Waals surface area contributed by atoms with Gasteiger partial charge in [-0.15, -0.1) is 0 Å². The quantitative estimate of drug-likeness (QED) is 0.638. The molecule has 0 bridgehead atoms. The molecule has 1 unspecified atom stereocenters. The van der Waals surface area contributed by atoms with Crippen molar-refractivity contribution in [2.45, 2.75) is 26.3 Å². The highest BCUT2D eigenvalue weighted by Crippen LogP contribution is 2.21. The Morgan fingerprint density at radius 1 is 1.37 bits per heavy atom. The van der Waals surface area contributed by atoms with E-state index in [2.05, 4.69) is 48.5 Å². The van der Waals surface area contributed by atoms with Crippen molar-refractivity contribution in [2.75, 3.05) is 0 Å². The number of nitrogens with zero attached hydrogens (tertiary/aromatic N) is 2. The lowest BCUT2D eigenvalue weighted by molar-refractivity contribution is 0.578. The molecule has 19 heavy (non-hydrogen) atoms. The number of nitrogens with two attached hydrogens (primary N) is 1. The zero-order chi connectivity index (χ0) is 13.8. The monoisotopic (exact) mass is 258 g/mol. The Kier molecular flexibility index (Phi) is 4.35. The van der Waals surface area contributed by atoms with E-state index < -0.39 is 0 Å². The summed E-state index contributed by atoms with van der Waals surface area (Å²) in [4.78, 5) is 4.37. The molecule has 2 aromatic rings. The standard InChI is InChI=1S/C15H22N4/c1-11(2)9-12-5-4-6-13(10-12)14(18-16)15-17-7-8-19(15)3/h4-8,10-11,14,18H,9,16H2,1-3H3. The Hall–Kier alpha value is -1.65. The zero-order valence-corrected chi connectivity index (χ0v) is 11.8. The van der Waals surface area contributed by atoms with Crippen LogP contribution in [0, 0.1) is 5.92 Å². The van der Waals surface area contributed by atoms with E-state index >= 15 is 0 Å². The van der Waals surface area contributed by atoms with E-state index in [9.17, 15) is 0 Å². The number of benzene rings is 1. The maximum Gasteiger partial charge on any atom is 0.131 e. The van der Waals surface area contributed by atoms with Gasteiger partial charge in [0.05, 0.1) is 0 Å². The first kappa shape index (κ1) is 13.8. The van der Waals surface area contributed by atoms with E-state index in [1.165, 1.54) is 5.56 Å².